The highest BCUT2D eigenvalue weighted by atomic mass is 79.9. The molecule has 1 aliphatic carbocycles. The Hall–Kier alpha value is -0.0200. The minimum absolute atomic E-state index is 0.338. The van der Waals surface area contributed by atoms with Gasteiger partial charge in [-0.3, -0.25) is 0 Å². The van der Waals surface area contributed by atoms with Gasteiger partial charge >= 0.3 is 0 Å². The number of hydrogen-bond acceptors (Lipinski definition) is 1. The van der Waals surface area contributed by atoms with Crippen LogP contribution in [0.5, 0.6) is 5.75 Å². The number of halogens is 2. The van der Waals surface area contributed by atoms with Crippen LogP contribution in [0.3, 0.4) is 0 Å². The monoisotopic (exact) mass is 388 g/mol. The van der Waals surface area contributed by atoms with E-state index in [1.807, 2.05) is 6.92 Å². The molecule has 1 nitrogen and oxygen atoms in total. The molecule has 0 radical (unpaired) electrons. The third kappa shape index (κ3) is 3.55. The fraction of sp³-hybridized carbons (Fsp3) is 0.625. The highest BCUT2D eigenvalue weighted by molar-refractivity contribution is 9.10. The van der Waals surface area contributed by atoms with Crippen molar-refractivity contribution in [2.45, 2.75) is 50.8 Å². The van der Waals surface area contributed by atoms with E-state index in [2.05, 4.69) is 57.0 Å². The van der Waals surface area contributed by atoms with Gasteiger partial charge in [-0.05, 0) is 43.4 Å². The second-order valence-corrected chi connectivity index (χ2v) is 7.52. The van der Waals surface area contributed by atoms with E-state index in [0.717, 1.165) is 10.2 Å². The molecular weight excluding hydrogens is 368 g/mol. The summed E-state index contributed by atoms with van der Waals surface area (Å²) in [6.07, 6.45) is 6.65. The first kappa shape index (κ1) is 15.4. The van der Waals surface area contributed by atoms with Gasteiger partial charge in [0.2, 0.25) is 0 Å². The molecule has 1 atom stereocenters. The molecule has 0 saturated heterocycles. The Labute approximate surface area is 133 Å². The van der Waals surface area contributed by atoms with E-state index in [0.29, 0.717) is 16.8 Å². The standard InChI is InChI=1S/C16H22Br2O/c1-3-19-14-8-7-12(17)11-13(14)15(18)16(2)9-5-4-6-10-16/h7-8,11,15H,3-6,9-10H2,1-2H3. The molecule has 0 amide bonds. The van der Waals surface area contributed by atoms with E-state index in [1.165, 1.54) is 37.7 Å². The van der Waals surface area contributed by atoms with E-state index in [1.54, 1.807) is 0 Å². The summed E-state index contributed by atoms with van der Waals surface area (Å²) in [7, 11) is 0. The first-order valence-electron chi connectivity index (χ1n) is 7.13. The highest BCUT2D eigenvalue weighted by Gasteiger charge is 2.36. The lowest BCUT2D eigenvalue weighted by Crippen LogP contribution is -2.25. The molecule has 0 aliphatic heterocycles. The van der Waals surface area contributed by atoms with Crippen molar-refractivity contribution in [2.75, 3.05) is 6.61 Å². The molecule has 3 heteroatoms. The maximum Gasteiger partial charge on any atom is 0.123 e. The van der Waals surface area contributed by atoms with Crippen LogP contribution in [0.2, 0.25) is 0 Å². The molecule has 1 unspecified atom stereocenters. The molecule has 0 N–H and O–H groups in total. The van der Waals surface area contributed by atoms with Gasteiger partial charge in [-0.1, -0.05) is 58.0 Å². The average molecular weight is 390 g/mol. The van der Waals surface area contributed by atoms with E-state index in [4.69, 9.17) is 4.74 Å². The highest BCUT2D eigenvalue weighted by Crippen LogP contribution is 2.52. The largest absolute Gasteiger partial charge is 0.494 e. The summed E-state index contributed by atoms with van der Waals surface area (Å²) < 4.78 is 6.92. The first-order valence-corrected chi connectivity index (χ1v) is 8.84. The Bertz CT molecular complexity index is 425. The van der Waals surface area contributed by atoms with Crippen molar-refractivity contribution < 1.29 is 4.74 Å². The summed E-state index contributed by atoms with van der Waals surface area (Å²) in [5.74, 6) is 1.01. The molecule has 1 fully saturated rings. The fourth-order valence-electron chi connectivity index (χ4n) is 2.99. The van der Waals surface area contributed by atoms with Gasteiger partial charge in [-0.2, -0.15) is 0 Å². The summed E-state index contributed by atoms with van der Waals surface area (Å²) >= 11 is 7.54. The SMILES string of the molecule is CCOc1ccc(Br)cc1C(Br)C1(C)CCCCC1. The second kappa shape index (κ2) is 6.62. The molecule has 19 heavy (non-hydrogen) atoms. The Balaban J connectivity index is 2.30. The lowest BCUT2D eigenvalue weighted by molar-refractivity contribution is 0.209. The van der Waals surface area contributed by atoms with E-state index in [9.17, 15) is 0 Å². The Morgan fingerprint density at radius 3 is 2.58 bits per heavy atom. The van der Waals surface area contributed by atoms with Crippen LogP contribution in [-0.2, 0) is 0 Å². The van der Waals surface area contributed by atoms with Gasteiger partial charge in [-0.15, -0.1) is 0 Å². The molecule has 0 aromatic heterocycles. The molecule has 0 heterocycles. The van der Waals surface area contributed by atoms with Gasteiger partial charge in [0.25, 0.3) is 0 Å². The summed E-state index contributed by atoms with van der Waals surface area (Å²) in [6.45, 7) is 5.16. The van der Waals surface area contributed by atoms with Crippen LogP contribution in [0.4, 0.5) is 0 Å². The molecule has 1 aliphatic rings. The average Bonchev–Trinajstić information content (AvgIpc) is 2.41. The smallest absolute Gasteiger partial charge is 0.123 e. The minimum atomic E-state index is 0.338. The van der Waals surface area contributed by atoms with Crippen LogP contribution in [-0.4, -0.2) is 6.61 Å². The lowest BCUT2D eigenvalue weighted by atomic mass is 9.72. The van der Waals surface area contributed by atoms with Gasteiger partial charge in [0.15, 0.2) is 0 Å². The number of rotatable bonds is 4. The maximum atomic E-state index is 5.80. The number of ether oxygens (including phenoxy) is 1. The van der Waals surface area contributed by atoms with Crippen LogP contribution >= 0.6 is 31.9 Å². The third-order valence-corrected chi connectivity index (χ3v) is 6.24. The molecule has 106 valence electrons. The Morgan fingerprint density at radius 1 is 1.26 bits per heavy atom. The quantitative estimate of drug-likeness (QED) is 0.552. The van der Waals surface area contributed by atoms with E-state index >= 15 is 0 Å². The lowest BCUT2D eigenvalue weighted by Gasteiger charge is -2.38. The molecule has 1 aromatic carbocycles. The summed E-state index contributed by atoms with van der Waals surface area (Å²) in [5.41, 5.74) is 1.62. The van der Waals surface area contributed by atoms with Crippen molar-refractivity contribution in [1.29, 1.82) is 0 Å². The minimum Gasteiger partial charge on any atom is -0.494 e. The zero-order chi connectivity index (χ0) is 13.9. The summed E-state index contributed by atoms with van der Waals surface area (Å²) in [6, 6.07) is 6.32. The zero-order valence-electron chi connectivity index (χ0n) is 11.7. The first-order chi connectivity index (χ1) is 9.07. The van der Waals surface area contributed by atoms with Crippen LogP contribution in [0.25, 0.3) is 0 Å². The zero-order valence-corrected chi connectivity index (χ0v) is 14.9. The van der Waals surface area contributed by atoms with Gasteiger partial charge in [0.05, 0.1) is 6.61 Å². The normalized spacial score (nSPS) is 20.0. The van der Waals surface area contributed by atoms with Crippen molar-refractivity contribution in [3.8, 4) is 5.75 Å². The number of hydrogen-bond donors (Lipinski definition) is 0. The van der Waals surface area contributed by atoms with Gasteiger partial charge in [0.1, 0.15) is 5.75 Å². The van der Waals surface area contributed by atoms with E-state index < -0.39 is 0 Å². The predicted molar refractivity (Wildman–Crippen MR) is 88.2 cm³/mol. The van der Waals surface area contributed by atoms with Gasteiger partial charge < -0.3 is 4.74 Å². The second-order valence-electron chi connectivity index (χ2n) is 5.69. The van der Waals surface area contributed by atoms with Crippen molar-refractivity contribution in [3.05, 3.63) is 28.2 Å². The maximum absolute atomic E-state index is 5.80. The molecular formula is C16H22Br2O. The van der Waals surface area contributed by atoms with Crippen molar-refractivity contribution >= 4 is 31.9 Å². The molecule has 0 bridgehead atoms. The Kier molecular flexibility index (Phi) is 5.36. The number of alkyl halides is 1. The Morgan fingerprint density at radius 2 is 1.95 bits per heavy atom. The topological polar surface area (TPSA) is 9.23 Å². The van der Waals surface area contributed by atoms with Crippen molar-refractivity contribution in [2.24, 2.45) is 5.41 Å². The van der Waals surface area contributed by atoms with Gasteiger partial charge in [0, 0.05) is 14.9 Å². The van der Waals surface area contributed by atoms with Crippen LogP contribution in [0.1, 0.15) is 56.3 Å². The summed E-state index contributed by atoms with van der Waals surface area (Å²) in [4.78, 5) is 0.361. The molecule has 2 rings (SSSR count). The molecule has 0 spiro atoms. The predicted octanol–water partition coefficient (Wildman–Crippen LogP) is 6.25. The fourth-order valence-corrected chi connectivity index (χ4v) is 4.19. The van der Waals surface area contributed by atoms with E-state index in [-0.39, 0.29) is 0 Å². The van der Waals surface area contributed by atoms with Crippen LogP contribution < -0.4 is 4.74 Å². The van der Waals surface area contributed by atoms with Crippen molar-refractivity contribution in [1.82, 2.24) is 0 Å². The number of benzene rings is 1. The molecule has 1 aromatic rings. The van der Waals surface area contributed by atoms with Gasteiger partial charge in [-0.25, -0.2) is 0 Å². The van der Waals surface area contributed by atoms with Crippen LogP contribution in [0.15, 0.2) is 22.7 Å². The summed E-state index contributed by atoms with van der Waals surface area (Å²) in [5, 5.41) is 0. The van der Waals surface area contributed by atoms with Crippen molar-refractivity contribution in [3.63, 3.8) is 0 Å². The molecule has 1 saturated carbocycles. The third-order valence-electron chi connectivity index (χ3n) is 4.15. The van der Waals surface area contributed by atoms with Crippen LogP contribution in [0, 0.1) is 5.41 Å².